The fourth-order valence-electron chi connectivity index (χ4n) is 4.77. The molecule has 190 valence electrons. The highest BCUT2D eigenvalue weighted by Gasteiger charge is 2.21. The molecule has 1 aliphatic rings. The zero-order chi connectivity index (χ0) is 25.2. The lowest BCUT2D eigenvalue weighted by atomic mass is 10.1. The van der Waals surface area contributed by atoms with Gasteiger partial charge in [-0.05, 0) is 43.0 Å². The van der Waals surface area contributed by atoms with Gasteiger partial charge in [-0.25, -0.2) is 4.98 Å². The summed E-state index contributed by atoms with van der Waals surface area (Å²) < 4.78 is 2.00. The molecule has 4 rings (SSSR count). The van der Waals surface area contributed by atoms with Crippen LogP contribution in [0.25, 0.3) is 0 Å². The number of anilines is 1. The van der Waals surface area contributed by atoms with E-state index in [0.717, 1.165) is 62.4 Å². The molecule has 3 heterocycles. The van der Waals surface area contributed by atoms with Gasteiger partial charge < -0.3 is 14.4 Å². The first kappa shape index (κ1) is 25.6. The second-order valence-corrected chi connectivity index (χ2v) is 9.32. The average Bonchev–Trinajstić information content (AvgIpc) is 3.39. The number of hydrogen-bond acceptors (Lipinski definition) is 5. The third-order valence-electron chi connectivity index (χ3n) is 6.61. The third kappa shape index (κ3) is 7.24. The van der Waals surface area contributed by atoms with Gasteiger partial charge in [-0.3, -0.25) is 19.5 Å². The number of aryl methyl sites for hydroxylation is 1. The van der Waals surface area contributed by atoms with E-state index in [1.165, 1.54) is 0 Å². The Bertz CT molecular complexity index is 1100. The topological polar surface area (TPSA) is 74.6 Å². The molecular formula is C28H36N6O2. The molecule has 0 saturated carbocycles. The number of hydrogen-bond donors (Lipinski definition) is 0. The Morgan fingerprint density at radius 3 is 2.50 bits per heavy atom. The van der Waals surface area contributed by atoms with Gasteiger partial charge in [0.2, 0.25) is 11.8 Å². The molecule has 36 heavy (non-hydrogen) atoms. The van der Waals surface area contributed by atoms with E-state index in [-0.39, 0.29) is 11.8 Å². The van der Waals surface area contributed by atoms with Crippen LogP contribution >= 0.6 is 0 Å². The zero-order valence-electron chi connectivity index (χ0n) is 21.1. The molecule has 1 aromatic carbocycles. The van der Waals surface area contributed by atoms with Crippen LogP contribution < -0.4 is 4.90 Å². The van der Waals surface area contributed by atoms with Gasteiger partial charge in [-0.2, -0.15) is 0 Å². The summed E-state index contributed by atoms with van der Waals surface area (Å²) in [4.78, 5) is 40.8. The summed E-state index contributed by atoms with van der Waals surface area (Å²) in [5.41, 5.74) is 2.95. The lowest BCUT2D eigenvalue weighted by molar-refractivity contribution is -0.132. The number of carbonyl (C=O) groups is 2. The molecule has 8 nitrogen and oxygen atoms in total. The number of carbonyl (C=O) groups excluding carboxylic acids is 2. The second kappa shape index (κ2) is 13.0. The van der Waals surface area contributed by atoms with E-state index in [2.05, 4.69) is 14.9 Å². The van der Waals surface area contributed by atoms with Crippen LogP contribution in [0.2, 0.25) is 0 Å². The number of pyridine rings is 1. The summed E-state index contributed by atoms with van der Waals surface area (Å²) in [5.74, 6) is 0.168. The molecule has 0 saturated heterocycles. The molecule has 0 atom stereocenters. The summed E-state index contributed by atoms with van der Waals surface area (Å²) in [6.45, 7) is 6.71. The minimum absolute atomic E-state index is 0.0222. The molecule has 0 bridgehead atoms. The molecular weight excluding hydrogens is 452 g/mol. The number of imidazole rings is 1. The normalized spacial score (nSPS) is 15.6. The van der Waals surface area contributed by atoms with Crippen molar-refractivity contribution in [3.8, 4) is 0 Å². The Labute approximate surface area is 213 Å². The van der Waals surface area contributed by atoms with Crippen molar-refractivity contribution in [2.75, 3.05) is 31.1 Å². The third-order valence-corrected chi connectivity index (χ3v) is 6.61. The molecule has 0 radical (unpaired) electrons. The summed E-state index contributed by atoms with van der Waals surface area (Å²) in [6, 6.07) is 14.0. The van der Waals surface area contributed by atoms with Gasteiger partial charge in [0.15, 0.2) is 0 Å². The van der Waals surface area contributed by atoms with Crippen LogP contribution in [0.5, 0.6) is 0 Å². The van der Waals surface area contributed by atoms with Crippen LogP contribution in [-0.4, -0.2) is 62.3 Å². The number of nitrogens with zero attached hydrogens (tertiary/aromatic N) is 6. The Morgan fingerprint density at radius 1 is 0.944 bits per heavy atom. The van der Waals surface area contributed by atoms with E-state index < -0.39 is 0 Å². The van der Waals surface area contributed by atoms with Gasteiger partial charge in [0.05, 0.1) is 12.0 Å². The van der Waals surface area contributed by atoms with Crippen molar-refractivity contribution in [3.05, 3.63) is 78.6 Å². The molecule has 0 spiro atoms. The number of aromatic nitrogens is 3. The maximum atomic E-state index is 13.3. The van der Waals surface area contributed by atoms with Crippen LogP contribution in [0.1, 0.15) is 43.9 Å². The second-order valence-electron chi connectivity index (χ2n) is 9.32. The van der Waals surface area contributed by atoms with Crippen LogP contribution in [0.15, 0.2) is 67.4 Å². The fourth-order valence-corrected chi connectivity index (χ4v) is 4.77. The van der Waals surface area contributed by atoms with Crippen molar-refractivity contribution in [2.24, 2.45) is 0 Å². The summed E-state index contributed by atoms with van der Waals surface area (Å²) in [7, 11) is 0. The lowest BCUT2D eigenvalue weighted by Gasteiger charge is -2.31. The van der Waals surface area contributed by atoms with E-state index in [1.807, 2.05) is 69.2 Å². The average molecular weight is 489 g/mol. The predicted molar refractivity (Wildman–Crippen MR) is 140 cm³/mol. The fraction of sp³-hybridized carbons (Fsp3) is 0.429. The molecule has 0 fully saturated rings. The molecule has 0 unspecified atom stereocenters. The van der Waals surface area contributed by atoms with Crippen LogP contribution in [0, 0.1) is 0 Å². The van der Waals surface area contributed by atoms with Crippen molar-refractivity contribution in [2.45, 2.75) is 52.2 Å². The number of para-hydroxylation sites is 1. The highest BCUT2D eigenvalue weighted by molar-refractivity contribution is 5.92. The monoisotopic (exact) mass is 488 g/mol. The Balaban J connectivity index is 1.51. The molecule has 2 aromatic heterocycles. The molecule has 3 aromatic rings. The van der Waals surface area contributed by atoms with Crippen LogP contribution in [0.4, 0.5) is 5.69 Å². The van der Waals surface area contributed by atoms with Crippen molar-refractivity contribution in [1.82, 2.24) is 24.3 Å². The first-order chi connectivity index (χ1) is 17.6. The van der Waals surface area contributed by atoms with E-state index in [9.17, 15) is 9.59 Å². The van der Waals surface area contributed by atoms with Gasteiger partial charge in [0.1, 0.15) is 0 Å². The predicted octanol–water partition coefficient (Wildman–Crippen LogP) is 3.74. The zero-order valence-corrected chi connectivity index (χ0v) is 21.1. The minimum Gasteiger partial charge on any atom is -0.338 e. The number of amides is 2. The Morgan fingerprint density at radius 2 is 1.75 bits per heavy atom. The van der Waals surface area contributed by atoms with Gasteiger partial charge >= 0.3 is 0 Å². The maximum Gasteiger partial charge on any atom is 0.223 e. The van der Waals surface area contributed by atoms with Gasteiger partial charge in [0.25, 0.3) is 0 Å². The van der Waals surface area contributed by atoms with E-state index >= 15 is 0 Å². The summed E-state index contributed by atoms with van der Waals surface area (Å²) >= 11 is 0. The standard InChI is InChI=1S/C28H36N6O2/c1-24(35)34-19-8-17-31(22-26-10-4-5-13-30-26)16-7-18-33(21-25-9-2-3-11-27(25)34)28(36)12-6-15-32-20-14-29-23-32/h2-5,9-11,13-14,20,23H,6-8,12,15-19,21-22H2,1H3. The quantitative estimate of drug-likeness (QED) is 0.529. The van der Waals surface area contributed by atoms with Crippen molar-refractivity contribution >= 4 is 17.5 Å². The van der Waals surface area contributed by atoms with Gasteiger partial charge in [-0.1, -0.05) is 24.3 Å². The van der Waals surface area contributed by atoms with E-state index in [4.69, 9.17) is 0 Å². The van der Waals surface area contributed by atoms with Crippen LogP contribution in [-0.2, 0) is 29.2 Å². The molecule has 0 N–H and O–H groups in total. The largest absolute Gasteiger partial charge is 0.338 e. The first-order valence-electron chi connectivity index (χ1n) is 12.8. The van der Waals surface area contributed by atoms with Gasteiger partial charge in [-0.15, -0.1) is 0 Å². The Hall–Kier alpha value is -3.52. The van der Waals surface area contributed by atoms with Crippen molar-refractivity contribution in [1.29, 1.82) is 0 Å². The van der Waals surface area contributed by atoms with E-state index in [0.29, 0.717) is 26.1 Å². The number of benzene rings is 1. The number of fused-ring (bicyclic) bond motifs is 1. The summed E-state index contributed by atoms with van der Waals surface area (Å²) in [6.07, 6.45) is 10.3. The maximum absolute atomic E-state index is 13.3. The smallest absolute Gasteiger partial charge is 0.223 e. The Kier molecular flexibility index (Phi) is 9.21. The number of rotatable bonds is 6. The first-order valence-corrected chi connectivity index (χ1v) is 12.8. The lowest BCUT2D eigenvalue weighted by Crippen LogP contribution is -2.38. The molecule has 2 amide bonds. The van der Waals surface area contributed by atoms with Crippen LogP contribution in [0.3, 0.4) is 0 Å². The minimum atomic E-state index is 0.0222. The molecule has 1 aliphatic heterocycles. The highest BCUT2D eigenvalue weighted by Crippen LogP contribution is 2.24. The highest BCUT2D eigenvalue weighted by atomic mass is 16.2. The van der Waals surface area contributed by atoms with Crippen molar-refractivity contribution in [3.63, 3.8) is 0 Å². The molecule has 8 heteroatoms. The SMILES string of the molecule is CC(=O)N1CCCN(Cc2ccccn2)CCCN(C(=O)CCCn2ccnc2)Cc2ccccc21. The van der Waals surface area contributed by atoms with Gasteiger partial charge in [0, 0.05) is 83.4 Å². The van der Waals surface area contributed by atoms with Crippen molar-refractivity contribution < 1.29 is 9.59 Å². The summed E-state index contributed by atoms with van der Waals surface area (Å²) in [5, 5.41) is 0. The molecule has 0 aliphatic carbocycles. The van der Waals surface area contributed by atoms with E-state index in [1.54, 1.807) is 19.4 Å².